The molecule has 2 aliphatic rings. The lowest BCUT2D eigenvalue weighted by molar-refractivity contribution is 0.668. The predicted octanol–water partition coefficient (Wildman–Crippen LogP) is 12.3. The first-order chi connectivity index (χ1) is 25.7. The van der Waals surface area contributed by atoms with Crippen molar-refractivity contribution < 1.29 is 8.83 Å². The maximum absolute atomic E-state index is 6.50. The molecule has 9 aromatic rings. The van der Waals surface area contributed by atoms with E-state index in [1.165, 1.54) is 16.0 Å². The molecular formula is C46H29N3O2S. The van der Waals surface area contributed by atoms with Crippen molar-refractivity contribution >= 4 is 66.8 Å². The molecule has 0 saturated heterocycles. The number of aromatic nitrogens is 3. The average molecular weight is 688 g/mol. The lowest BCUT2D eigenvalue weighted by Gasteiger charge is -2.24. The van der Waals surface area contributed by atoms with Crippen molar-refractivity contribution in [1.29, 1.82) is 0 Å². The van der Waals surface area contributed by atoms with Crippen molar-refractivity contribution in [2.45, 2.75) is 17.1 Å². The van der Waals surface area contributed by atoms with E-state index in [1.54, 1.807) is 0 Å². The Bertz CT molecular complexity index is 2970. The zero-order valence-corrected chi connectivity index (χ0v) is 28.9. The van der Waals surface area contributed by atoms with E-state index in [1.807, 2.05) is 72.4 Å². The molecule has 6 heteroatoms. The van der Waals surface area contributed by atoms with Crippen LogP contribution in [-0.2, 0) is 0 Å². The van der Waals surface area contributed by atoms with Gasteiger partial charge in [-0.05, 0) is 70.7 Å². The third kappa shape index (κ3) is 4.47. The second-order valence-corrected chi connectivity index (χ2v) is 14.7. The number of nitrogens with zero attached hydrogens (tertiary/aromatic N) is 3. The second-order valence-electron chi connectivity index (χ2n) is 13.5. The van der Waals surface area contributed by atoms with Crippen molar-refractivity contribution in [3.63, 3.8) is 0 Å². The van der Waals surface area contributed by atoms with Gasteiger partial charge in [0.15, 0.2) is 17.5 Å². The number of fused-ring (bicyclic) bond motifs is 9. The van der Waals surface area contributed by atoms with Crippen LogP contribution in [0.5, 0.6) is 0 Å². The molecule has 3 aromatic heterocycles. The first-order valence-corrected chi connectivity index (χ1v) is 18.4. The smallest absolute Gasteiger partial charge is 0.165 e. The maximum Gasteiger partial charge on any atom is 0.165 e. The zero-order valence-electron chi connectivity index (χ0n) is 28.1. The molecule has 0 spiro atoms. The Hall–Kier alpha value is -6.24. The minimum absolute atomic E-state index is 0.317. The van der Waals surface area contributed by atoms with Gasteiger partial charge in [-0.1, -0.05) is 110 Å². The third-order valence-corrected chi connectivity index (χ3v) is 11.9. The monoisotopic (exact) mass is 687 g/mol. The van der Waals surface area contributed by atoms with E-state index in [9.17, 15) is 0 Å². The van der Waals surface area contributed by atoms with Gasteiger partial charge in [-0.25, -0.2) is 15.0 Å². The Balaban J connectivity index is 1.23. The molecule has 0 radical (unpaired) electrons. The summed E-state index contributed by atoms with van der Waals surface area (Å²) >= 11 is 1.96. The first-order valence-electron chi connectivity index (χ1n) is 17.5. The van der Waals surface area contributed by atoms with Crippen LogP contribution in [-0.4, -0.2) is 20.2 Å². The number of furan rings is 2. The number of allylic oxidation sites excluding steroid dienone is 3. The van der Waals surface area contributed by atoms with Crippen molar-refractivity contribution in [1.82, 2.24) is 15.0 Å². The molecule has 2 atom stereocenters. The zero-order chi connectivity index (χ0) is 34.3. The molecule has 0 bridgehead atoms. The minimum Gasteiger partial charge on any atom is -0.456 e. The van der Waals surface area contributed by atoms with Crippen LogP contribution in [0.3, 0.4) is 0 Å². The summed E-state index contributed by atoms with van der Waals surface area (Å²) in [6.07, 6.45) is 4.80. The summed E-state index contributed by atoms with van der Waals surface area (Å²) in [4.78, 5) is 17.2. The van der Waals surface area contributed by atoms with E-state index < -0.39 is 0 Å². The van der Waals surface area contributed by atoms with Crippen LogP contribution in [0.2, 0.25) is 0 Å². The minimum atomic E-state index is 0.317. The van der Waals surface area contributed by atoms with Gasteiger partial charge in [0.2, 0.25) is 0 Å². The second kappa shape index (κ2) is 11.4. The van der Waals surface area contributed by atoms with Crippen LogP contribution >= 0.6 is 11.8 Å². The largest absolute Gasteiger partial charge is 0.456 e. The standard InChI is InChI=1S/C46H29N3O2S/c1-26-24-28(25-34-30-14-7-10-21-39(30)52-43(26)34)29-22-23-38-41(32-16-6-9-19-36(32)51-38)42(29)46-48-44(27-12-3-2-4-13-27)47-45(49-46)33-17-11-20-37-40(33)31-15-5-8-18-35(31)50-37/h2-26,43H,1H3. The lowest BCUT2D eigenvalue weighted by Crippen LogP contribution is -2.14. The summed E-state index contributed by atoms with van der Waals surface area (Å²) in [5.74, 6) is 2.10. The highest BCUT2D eigenvalue weighted by molar-refractivity contribution is 8.00. The van der Waals surface area contributed by atoms with Crippen LogP contribution in [0.15, 0.2) is 159 Å². The van der Waals surface area contributed by atoms with E-state index in [-0.39, 0.29) is 0 Å². The molecule has 0 amide bonds. The molecular weight excluding hydrogens is 659 g/mol. The number of rotatable bonds is 4. The van der Waals surface area contributed by atoms with Crippen molar-refractivity contribution in [2.75, 3.05) is 0 Å². The summed E-state index contributed by atoms with van der Waals surface area (Å²) in [5.41, 5.74) is 10.9. The van der Waals surface area contributed by atoms with Crippen LogP contribution in [0.4, 0.5) is 0 Å². The fourth-order valence-electron chi connectivity index (χ4n) is 8.04. The van der Waals surface area contributed by atoms with Gasteiger partial charge in [0.1, 0.15) is 22.3 Å². The van der Waals surface area contributed by atoms with Crippen molar-refractivity contribution in [3.05, 3.63) is 157 Å². The summed E-state index contributed by atoms with van der Waals surface area (Å²) in [6.45, 7) is 2.33. The van der Waals surface area contributed by atoms with E-state index in [4.69, 9.17) is 23.8 Å². The molecule has 5 nitrogen and oxygen atoms in total. The molecule has 1 aliphatic carbocycles. The fraction of sp³-hybridized carbons (Fsp3) is 0.0652. The van der Waals surface area contributed by atoms with Gasteiger partial charge in [-0.2, -0.15) is 0 Å². The quantitative estimate of drug-likeness (QED) is 0.183. The Morgan fingerprint density at radius 3 is 1.98 bits per heavy atom. The Labute approximate surface area is 303 Å². The van der Waals surface area contributed by atoms with Gasteiger partial charge in [-0.3, -0.25) is 0 Å². The summed E-state index contributed by atoms with van der Waals surface area (Å²) in [6, 6.07) is 45.7. The Kier molecular flexibility index (Phi) is 6.46. The third-order valence-electron chi connectivity index (χ3n) is 10.4. The summed E-state index contributed by atoms with van der Waals surface area (Å²) in [5, 5.41) is 4.40. The molecule has 1 aliphatic heterocycles. The highest BCUT2D eigenvalue weighted by Gasteiger charge is 2.34. The summed E-state index contributed by atoms with van der Waals surface area (Å²) < 4.78 is 12.8. The number of thioether (sulfide) groups is 1. The molecule has 0 saturated carbocycles. The number of para-hydroxylation sites is 2. The van der Waals surface area contributed by atoms with Crippen LogP contribution < -0.4 is 0 Å². The Morgan fingerprint density at radius 2 is 1.15 bits per heavy atom. The van der Waals surface area contributed by atoms with E-state index in [0.717, 1.165) is 71.7 Å². The summed E-state index contributed by atoms with van der Waals surface area (Å²) in [7, 11) is 0. The van der Waals surface area contributed by atoms with Crippen LogP contribution in [0.1, 0.15) is 18.1 Å². The van der Waals surface area contributed by atoms with Gasteiger partial charge in [0.25, 0.3) is 0 Å². The maximum atomic E-state index is 6.50. The van der Waals surface area contributed by atoms with Crippen LogP contribution in [0.25, 0.3) is 89.2 Å². The average Bonchev–Trinajstić information content (AvgIpc) is 3.89. The highest BCUT2D eigenvalue weighted by Crippen LogP contribution is 2.52. The van der Waals surface area contributed by atoms with Crippen LogP contribution in [0, 0.1) is 5.92 Å². The number of hydrogen-bond donors (Lipinski definition) is 0. The molecule has 0 fully saturated rings. The fourth-order valence-corrected chi connectivity index (χ4v) is 9.40. The topological polar surface area (TPSA) is 65.0 Å². The molecule has 246 valence electrons. The van der Waals surface area contributed by atoms with E-state index in [0.29, 0.717) is 28.6 Å². The molecule has 11 rings (SSSR count). The number of benzene rings is 6. The van der Waals surface area contributed by atoms with E-state index in [2.05, 4.69) is 91.9 Å². The molecule has 4 heterocycles. The lowest BCUT2D eigenvalue weighted by atomic mass is 9.83. The Morgan fingerprint density at radius 1 is 0.519 bits per heavy atom. The molecule has 6 aromatic carbocycles. The van der Waals surface area contributed by atoms with Gasteiger partial charge in [0, 0.05) is 48.4 Å². The predicted molar refractivity (Wildman–Crippen MR) is 212 cm³/mol. The first kappa shape index (κ1) is 29.5. The molecule has 0 N–H and O–H groups in total. The highest BCUT2D eigenvalue weighted by atomic mass is 32.2. The number of hydrogen-bond acceptors (Lipinski definition) is 6. The van der Waals surface area contributed by atoms with Crippen molar-refractivity contribution in [2.24, 2.45) is 5.92 Å². The molecule has 2 unspecified atom stereocenters. The SMILES string of the molecule is CC1C=C(c2ccc3oc4ccccc4c3c2-c2nc(-c3ccccc3)nc(-c3cccc4oc5ccccc5c34)n2)C=C2c3ccccc3SC21. The molecule has 52 heavy (non-hydrogen) atoms. The van der Waals surface area contributed by atoms with Gasteiger partial charge in [-0.15, -0.1) is 11.8 Å². The normalized spacial score (nSPS) is 16.7. The van der Waals surface area contributed by atoms with E-state index >= 15 is 0 Å². The van der Waals surface area contributed by atoms with Gasteiger partial charge >= 0.3 is 0 Å². The van der Waals surface area contributed by atoms with Gasteiger partial charge < -0.3 is 8.83 Å². The van der Waals surface area contributed by atoms with Crippen molar-refractivity contribution in [3.8, 4) is 34.2 Å². The van der Waals surface area contributed by atoms with Gasteiger partial charge in [0.05, 0.1) is 0 Å².